The first-order valence-corrected chi connectivity index (χ1v) is 6.78. The summed E-state index contributed by atoms with van der Waals surface area (Å²) in [6.45, 7) is 2.64. The summed E-state index contributed by atoms with van der Waals surface area (Å²) < 4.78 is 6.48. The minimum Gasteiger partial charge on any atom is -0.398 e. The van der Waals surface area contributed by atoms with E-state index in [-0.39, 0.29) is 0 Å². The van der Waals surface area contributed by atoms with E-state index in [0.717, 1.165) is 42.8 Å². The van der Waals surface area contributed by atoms with E-state index < -0.39 is 0 Å². The van der Waals surface area contributed by atoms with Crippen molar-refractivity contribution in [1.29, 1.82) is 0 Å². The smallest absolute Gasteiger partial charge is 0.0480 e. The van der Waals surface area contributed by atoms with Crippen molar-refractivity contribution in [2.45, 2.75) is 25.4 Å². The molecule has 2 N–H and O–H groups in total. The van der Waals surface area contributed by atoms with Gasteiger partial charge in [-0.05, 0) is 32.0 Å². The fourth-order valence-corrected chi connectivity index (χ4v) is 2.75. The summed E-state index contributed by atoms with van der Waals surface area (Å²) in [5.41, 5.74) is 8.06. The minimum atomic E-state index is 0.607. The van der Waals surface area contributed by atoms with Gasteiger partial charge in [-0.3, -0.25) is 4.90 Å². The quantitative estimate of drug-likeness (QED) is 0.872. The van der Waals surface area contributed by atoms with Gasteiger partial charge in [-0.25, -0.2) is 0 Å². The summed E-state index contributed by atoms with van der Waals surface area (Å²) in [4.78, 5) is 2.37. The standard InChI is InChI=1S/C13H19BrN2O/c1-16(10-5-7-17-8-6-10)9-11-12(14)3-2-4-13(11)15/h2-4,10H,5-9,15H2,1H3. The SMILES string of the molecule is CN(Cc1c(N)cccc1Br)C1CCOCC1. The van der Waals surface area contributed by atoms with Gasteiger partial charge in [0.15, 0.2) is 0 Å². The number of halogens is 1. The highest BCUT2D eigenvalue weighted by Gasteiger charge is 2.19. The monoisotopic (exact) mass is 298 g/mol. The Morgan fingerprint density at radius 1 is 1.41 bits per heavy atom. The van der Waals surface area contributed by atoms with Crippen LogP contribution in [-0.4, -0.2) is 31.2 Å². The van der Waals surface area contributed by atoms with Crippen LogP contribution in [0, 0.1) is 0 Å². The van der Waals surface area contributed by atoms with Crippen molar-refractivity contribution in [2.75, 3.05) is 26.0 Å². The molecular formula is C13H19BrN2O. The molecule has 0 saturated carbocycles. The fraction of sp³-hybridized carbons (Fsp3) is 0.538. The Bertz CT molecular complexity index is 357. The van der Waals surface area contributed by atoms with E-state index >= 15 is 0 Å². The number of anilines is 1. The maximum atomic E-state index is 6.02. The van der Waals surface area contributed by atoms with Crippen LogP contribution in [0.15, 0.2) is 22.7 Å². The Labute approximate surface area is 111 Å². The third-order valence-electron chi connectivity index (χ3n) is 3.38. The van der Waals surface area contributed by atoms with Crippen molar-refractivity contribution < 1.29 is 4.74 Å². The predicted octanol–water partition coefficient (Wildman–Crippen LogP) is 2.64. The maximum Gasteiger partial charge on any atom is 0.0480 e. The second-order valence-electron chi connectivity index (χ2n) is 4.57. The summed E-state index contributed by atoms with van der Waals surface area (Å²) in [6.07, 6.45) is 2.22. The highest BCUT2D eigenvalue weighted by Crippen LogP contribution is 2.25. The summed E-state index contributed by atoms with van der Waals surface area (Å²) in [5, 5.41) is 0. The number of nitrogen functional groups attached to an aromatic ring is 1. The van der Waals surface area contributed by atoms with Crippen LogP contribution in [0.1, 0.15) is 18.4 Å². The molecule has 4 heteroatoms. The van der Waals surface area contributed by atoms with Crippen molar-refractivity contribution in [2.24, 2.45) is 0 Å². The molecule has 1 aromatic rings. The third kappa shape index (κ3) is 3.21. The van der Waals surface area contributed by atoms with Gasteiger partial charge >= 0.3 is 0 Å². The molecule has 1 saturated heterocycles. The van der Waals surface area contributed by atoms with Crippen molar-refractivity contribution in [3.05, 3.63) is 28.2 Å². The van der Waals surface area contributed by atoms with Gasteiger partial charge < -0.3 is 10.5 Å². The lowest BCUT2D eigenvalue weighted by Gasteiger charge is -2.31. The Balaban J connectivity index is 2.04. The molecular weight excluding hydrogens is 280 g/mol. The molecule has 0 bridgehead atoms. The van der Waals surface area contributed by atoms with Crippen molar-refractivity contribution in [3.63, 3.8) is 0 Å². The van der Waals surface area contributed by atoms with Gasteiger partial charge in [0.25, 0.3) is 0 Å². The van der Waals surface area contributed by atoms with Crippen LogP contribution in [0.4, 0.5) is 5.69 Å². The summed E-state index contributed by atoms with van der Waals surface area (Å²) in [6, 6.07) is 6.58. The van der Waals surface area contributed by atoms with E-state index in [1.165, 1.54) is 5.56 Å². The molecule has 17 heavy (non-hydrogen) atoms. The van der Waals surface area contributed by atoms with E-state index in [1.807, 2.05) is 18.2 Å². The van der Waals surface area contributed by atoms with Crippen LogP contribution in [-0.2, 0) is 11.3 Å². The zero-order chi connectivity index (χ0) is 12.3. The van der Waals surface area contributed by atoms with Crippen molar-refractivity contribution >= 4 is 21.6 Å². The van der Waals surface area contributed by atoms with Gasteiger partial charge in [-0.1, -0.05) is 22.0 Å². The van der Waals surface area contributed by atoms with E-state index in [0.29, 0.717) is 6.04 Å². The lowest BCUT2D eigenvalue weighted by Crippen LogP contribution is -2.36. The molecule has 3 nitrogen and oxygen atoms in total. The van der Waals surface area contributed by atoms with E-state index in [9.17, 15) is 0 Å². The van der Waals surface area contributed by atoms with E-state index in [2.05, 4.69) is 27.9 Å². The zero-order valence-electron chi connectivity index (χ0n) is 10.2. The van der Waals surface area contributed by atoms with Gasteiger partial charge in [0.2, 0.25) is 0 Å². The van der Waals surface area contributed by atoms with Crippen LogP contribution in [0.3, 0.4) is 0 Å². The van der Waals surface area contributed by atoms with Gasteiger partial charge in [0, 0.05) is 41.5 Å². The number of ether oxygens (including phenoxy) is 1. The maximum absolute atomic E-state index is 6.02. The predicted molar refractivity (Wildman–Crippen MR) is 73.9 cm³/mol. The molecule has 1 aromatic carbocycles. The Hall–Kier alpha value is -0.580. The number of benzene rings is 1. The molecule has 2 rings (SSSR count). The van der Waals surface area contributed by atoms with Gasteiger partial charge in [0.05, 0.1) is 0 Å². The molecule has 94 valence electrons. The number of rotatable bonds is 3. The Morgan fingerprint density at radius 3 is 2.76 bits per heavy atom. The van der Waals surface area contributed by atoms with Crippen molar-refractivity contribution in [3.8, 4) is 0 Å². The van der Waals surface area contributed by atoms with Crippen molar-refractivity contribution in [1.82, 2.24) is 4.90 Å². The number of hydrogen-bond acceptors (Lipinski definition) is 3. The first-order chi connectivity index (χ1) is 8.18. The van der Waals surface area contributed by atoms with Gasteiger partial charge in [0.1, 0.15) is 0 Å². The van der Waals surface area contributed by atoms with Crippen LogP contribution in [0.5, 0.6) is 0 Å². The molecule has 0 unspecified atom stereocenters. The van der Waals surface area contributed by atoms with Gasteiger partial charge in [-0.15, -0.1) is 0 Å². The molecule has 1 aliphatic rings. The molecule has 0 aromatic heterocycles. The highest BCUT2D eigenvalue weighted by molar-refractivity contribution is 9.10. The first kappa shape index (κ1) is 12.9. The zero-order valence-corrected chi connectivity index (χ0v) is 11.7. The molecule has 1 aliphatic heterocycles. The number of nitrogens with zero attached hydrogens (tertiary/aromatic N) is 1. The molecule has 1 fully saturated rings. The molecule has 0 radical (unpaired) electrons. The number of hydrogen-bond donors (Lipinski definition) is 1. The second-order valence-corrected chi connectivity index (χ2v) is 5.42. The molecule has 0 atom stereocenters. The Morgan fingerprint density at radius 2 is 2.12 bits per heavy atom. The Kier molecular flexibility index (Phi) is 4.42. The van der Waals surface area contributed by atoms with Crippen LogP contribution in [0.2, 0.25) is 0 Å². The minimum absolute atomic E-state index is 0.607. The molecule has 0 aliphatic carbocycles. The van der Waals surface area contributed by atoms with Crippen LogP contribution >= 0.6 is 15.9 Å². The summed E-state index contributed by atoms with van der Waals surface area (Å²) in [5.74, 6) is 0. The molecule has 0 amide bonds. The van der Waals surface area contributed by atoms with Crippen LogP contribution < -0.4 is 5.73 Å². The lowest BCUT2D eigenvalue weighted by molar-refractivity contribution is 0.0407. The van der Waals surface area contributed by atoms with E-state index in [4.69, 9.17) is 10.5 Å². The average molecular weight is 299 g/mol. The number of nitrogens with two attached hydrogens (primary N) is 1. The lowest BCUT2D eigenvalue weighted by atomic mass is 10.1. The van der Waals surface area contributed by atoms with E-state index in [1.54, 1.807) is 0 Å². The fourth-order valence-electron chi connectivity index (χ4n) is 2.25. The first-order valence-electron chi connectivity index (χ1n) is 5.99. The molecule has 0 spiro atoms. The largest absolute Gasteiger partial charge is 0.398 e. The average Bonchev–Trinajstić information content (AvgIpc) is 2.35. The molecule has 1 heterocycles. The van der Waals surface area contributed by atoms with Gasteiger partial charge in [-0.2, -0.15) is 0 Å². The normalized spacial score (nSPS) is 17.6. The third-order valence-corrected chi connectivity index (χ3v) is 4.12. The topological polar surface area (TPSA) is 38.5 Å². The summed E-state index contributed by atoms with van der Waals surface area (Å²) >= 11 is 3.57. The highest BCUT2D eigenvalue weighted by atomic mass is 79.9. The summed E-state index contributed by atoms with van der Waals surface area (Å²) in [7, 11) is 2.16. The van der Waals surface area contributed by atoms with Crippen LogP contribution in [0.25, 0.3) is 0 Å². The second kappa shape index (κ2) is 5.85.